The van der Waals surface area contributed by atoms with Crippen molar-refractivity contribution in [1.29, 1.82) is 0 Å². The lowest BCUT2D eigenvalue weighted by Gasteiger charge is -2.09. The summed E-state index contributed by atoms with van der Waals surface area (Å²) in [6.45, 7) is 1.80. The Morgan fingerprint density at radius 3 is 2.64 bits per heavy atom. The minimum Gasteiger partial charge on any atom is -0.423 e. The van der Waals surface area contributed by atoms with Crippen LogP contribution in [0, 0.1) is 6.92 Å². The molecular weight excluding hydrogens is 380 g/mol. The molecule has 28 heavy (non-hydrogen) atoms. The maximum absolute atomic E-state index is 12.6. The highest BCUT2D eigenvalue weighted by molar-refractivity contribution is 7.89. The van der Waals surface area contributed by atoms with Gasteiger partial charge in [0.1, 0.15) is 5.58 Å². The van der Waals surface area contributed by atoms with Crippen molar-refractivity contribution in [1.82, 2.24) is 4.72 Å². The first-order valence-corrected chi connectivity index (χ1v) is 10.3. The molecule has 0 aliphatic heterocycles. The van der Waals surface area contributed by atoms with Gasteiger partial charge in [0.2, 0.25) is 10.0 Å². The van der Waals surface area contributed by atoms with E-state index < -0.39 is 21.6 Å². The van der Waals surface area contributed by atoms with Gasteiger partial charge in [0.25, 0.3) is 5.91 Å². The molecule has 8 heteroatoms. The molecule has 1 aromatic heterocycles. The number of hydrogen-bond acceptors (Lipinski definition) is 5. The van der Waals surface area contributed by atoms with Crippen LogP contribution in [0.2, 0.25) is 0 Å². The molecule has 4 rings (SSSR count). The minimum absolute atomic E-state index is 0.0156. The van der Waals surface area contributed by atoms with Crippen molar-refractivity contribution in [2.24, 2.45) is 0 Å². The number of amides is 1. The van der Waals surface area contributed by atoms with E-state index >= 15 is 0 Å². The summed E-state index contributed by atoms with van der Waals surface area (Å²) in [4.78, 5) is 24.2. The van der Waals surface area contributed by atoms with Gasteiger partial charge in [-0.05, 0) is 55.7 Å². The predicted molar refractivity (Wildman–Crippen MR) is 105 cm³/mol. The number of aryl methyl sites for hydroxylation is 1. The highest BCUT2D eigenvalue weighted by Gasteiger charge is 2.28. The van der Waals surface area contributed by atoms with Gasteiger partial charge in [-0.3, -0.25) is 4.79 Å². The van der Waals surface area contributed by atoms with Crippen molar-refractivity contribution in [2.45, 2.75) is 30.7 Å². The molecule has 0 unspecified atom stereocenters. The van der Waals surface area contributed by atoms with Gasteiger partial charge in [0, 0.05) is 34.8 Å². The molecule has 144 valence electrons. The smallest absolute Gasteiger partial charge is 0.336 e. The minimum atomic E-state index is -3.64. The summed E-state index contributed by atoms with van der Waals surface area (Å²) in [5.74, 6) is -0.460. The van der Waals surface area contributed by atoms with Crippen LogP contribution < -0.4 is 15.7 Å². The van der Waals surface area contributed by atoms with E-state index in [9.17, 15) is 18.0 Å². The van der Waals surface area contributed by atoms with Crippen molar-refractivity contribution >= 4 is 32.6 Å². The number of fused-ring (bicyclic) bond motifs is 1. The molecule has 2 N–H and O–H groups in total. The van der Waals surface area contributed by atoms with Gasteiger partial charge >= 0.3 is 5.63 Å². The van der Waals surface area contributed by atoms with Crippen LogP contribution in [-0.2, 0) is 10.0 Å². The maximum Gasteiger partial charge on any atom is 0.336 e. The topological polar surface area (TPSA) is 105 Å². The van der Waals surface area contributed by atoms with E-state index in [-0.39, 0.29) is 16.5 Å². The van der Waals surface area contributed by atoms with E-state index in [0.29, 0.717) is 11.3 Å². The van der Waals surface area contributed by atoms with Gasteiger partial charge in [-0.1, -0.05) is 6.07 Å². The average molecular weight is 398 g/mol. The van der Waals surface area contributed by atoms with Gasteiger partial charge in [-0.15, -0.1) is 0 Å². The SMILES string of the molecule is Cc1cc(=O)oc2cc(NC(=O)c3cccc(S(=O)(=O)NC4CC4)c3)ccc12. The molecule has 2 aromatic carbocycles. The molecule has 3 aromatic rings. The zero-order chi connectivity index (χ0) is 19.9. The molecule has 7 nitrogen and oxygen atoms in total. The van der Waals surface area contributed by atoms with E-state index in [0.717, 1.165) is 23.8 Å². The fourth-order valence-electron chi connectivity index (χ4n) is 2.90. The third-order valence-electron chi connectivity index (χ3n) is 4.51. The van der Waals surface area contributed by atoms with Gasteiger partial charge in [-0.25, -0.2) is 17.9 Å². The molecule has 1 fully saturated rings. The molecule has 1 aliphatic carbocycles. The van der Waals surface area contributed by atoms with Crippen LogP contribution >= 0.6 is 0 Å². The molecule has 1 heterocycles. The fourth-order valence-corrected chi connectivity index (χ4v) is 4.25. The van der Waals surface area contributed by atoms with Crippen molar-refractivity contribution in [3.8, 4) is 0 Å². The van der Waals surface area contributed by atoms with Gasteiger partial charge < -0.3 is 9.73 Å². The van der Waals surface area contributed by atoms with Crippen LogP contribution in [0.25, 0.3) is 11.0 Å². The summed E-state index contributed by atoms with van der Waals surface area (Å²) in [5, 5.41) is 3.48. The third-order valence-corrected chi connectivity index (χ3v) is 6.03. The van der Waals surface area contributed by atoms with Crippen molar-refractivity contribution in [2.75, 3.05) is 5.32 Å². The van der Waals surface area contributed by atoms with E-state index in [4.69, 9.17) is 4.42 Å². The molecule has 0 atom stereocenters. The van der Waals surface area contributed by atoms with E-state index in [1.54, 1.807) is 25.1 Å². The standard InChI is InChI=1S/C20H18N2O5S/c1-12-9-19(23)27-18-11-15(7-8-17(12)18)21-20(24)13-3-2-4-16(10-13)28(25,26)22-14-5-6-14/h2-4,7-11,14,22H,5-6H2,1H3,(H,21,24). The third kappa shape index (κ3) is 3.83. The predicted octanol–water partition coefficient (Wildman–Crippen LogP) is 2.79. The van der Waals surface area contributed by atoms with Crippen LogP contribution in [0.5, 0.6) is 0 Å². The van der Waals surface area contributed by atoms with Crippen molar-refractivity contribution < 1.29 is 17.6 Å². The first-order valence-electron chi connectivity index (χ1n) is 8.80. The fraction of sp³-hybridized carbons (Fsp3) is 0.200. The largest absolute Gasteiger partial charge is 0.423 e. The zero-order valence-corrected chi connectivity index (χ0v) is 15.9. The summed E-state index contributed by atoms with van der Waals surface area (Å²) < 4.78 is 32.5. The Balaban J connectivity index is 1.59. The molecule has 0 saturated heterocycles. The first-order chi connectivity index (χ1) is 13.3. The molecular formula is C20H18N2O5S. The highest BCUT2D eigenvalue weighted by Crippen LogP contribution is 2.23. The summed E-state index contributed by atoms with van der Waals surface area (Å²) >= 11 is 0. The number of carbonyl (C=O) groups excluding carboxylic acids is 1. The Kier molecular flexibility index (Phi) is 4.52. The van der Waals surface area contributed by atoms with E-state index in [1.807, 2.05) is 0 Å². The molecule has 1 aliphatic rings. The second-order valence-corrected chi connectivity index (χ2v) is 8.55. The Morgan fingerprint density at radius 2 is 1.89 bits per heavy atom. The van der Waals surface area contributed by atoms with Crippen molar-refractivity contribution in [3.63, 3.8) is 0 Å². The monoisotopic (exact) mass is 398 g/mol. The quantitative estimate of drug-likeness (QED) is 0.643. The Bertz CT molecular complexity index is 1240. The Labute approximate surface area is 161 Å². The zero-order valence-electron chi connectivity index (χ0n) is 15.1. The van der Waals surface area contributed by atoms with Crippen LogP contribution in [0.15, 0.2) is 62.6 Å². The molecule has 0 bridgehead atoms. The van der Waals surface area contributed by atoms with E-state index in [2.05, 4.69) is 10.0 Å². The van der Waals surface area contributed by atoms with E-state index in [1.165, 1.54) is 30.3 Å². The molecule has 0 spiro atoms. The second kappa shape index (κ2) is 6.88. The number of sulfonamides is 1. The number of nitrogens with one attached hydrogen (secondary N) is 2. The lowest BCUT2D eigenvalue weighted by molar-refractivity contribution is 0.102. The summed E-state index contributed by atoms with van der Waals surface area (Å²) in [5.41, 5.74) is 1.34. The normalized spacial score (nSPS) is 14.2. The van der Waals surface area contributed by atoms with Crippen molar-refractivity contribution in [3.05, 3.63) is 70.1 Å². The average Bonchev–Trinajstić information content (AvgIpc) is 3.44. The summed E-state index contributed by atoms with van der Waals surface area (Å²) in [7, 11) is -3.64. The number of rotatable bonds is 5. The molecule has 1 saturated carbocycles. The number of anilines is 1. The second-order valence-electron chi connectivity index (χ2n) is 6.84. The maximum atomic E-state index is 12.6. The number of hydrogen-bond donors (Lipinski definition) is 2. The van der Waals surface area contributed by atoms with Gasteiger partial charge in [-0.2, -0.15) is 0 Å². The summed E-state index contributed by atoms with van der Waals surface area (Å²) in [6, 6.07) is 12.3. The molecule has 1 amide bonds. The van der Waals surface area contributed by atoms with Crippen LogP contribution in [0.3, 0.4) is 0 Å². The van der Waals surface area contributed by atoms with Crippen LogP contribution in [0.1, 0.15) is 28.8 Å². The Morgan fingerprint density at radius 1 is 1.11 bits per heavy atom. The Hall–Kier alpha value is -2.97. The van der Waals surface area contributed by atoms with Gasteiger partial charge in [0.05, 0.1) is 4.90 Å². The number of carbonyl (C=O) groups is 1. The van der Waals surface area contributed by atoms with Crippen LogP contribution in [-0.4, -0.2) is 20.4 Å². The molecule has 0 radical (unpaired) electrons. The lowest BCUT2D eigenvalue weighted by atomic mass is 10.1. The first kappa shape index (κ1) is 18.4. The highest BCUT2D eigenvalue weighted by atomic mass is 32.2. The van der Waals surface area contributed by atoms with Gasteiger partial charge in [0.15, 0.2) is 0 Å². The number of benzene rings is 2. The van der Waals surface area contributed by atoms with Crippen LogP contribution in [0.4, 0.5) is 5.69 Å². The summed E-state index contributed by atoms with van der Waals surface area (Å²) in [6.07, 6.45) is 1.66. The lowest BCUT2D eigenvalue weighted by Crippen LogP contribution is -2.26.